The summed E-state index contributed by atoms with van der Waals surface area (Å²) in [5.74, 6) is -0.402. The van der Waals surface area contributed by atoms with Crippen LogP contribution in [0.5, 0.6) is 0 Å². The molecule has 0 saturated carbocycles. The molecule has 0 aliphatic rings. The Balaban J connectivity index is 2.55. The summed E-state index contributed by atoms with van der Waals surface area (Å²) in [5, 5.41) is 9.86. The summed E-state index contributed by atoms with van der Waals surface area (Å²) in [5.41, 5.74) is 0.463. The Morgan fingerprint density at radius 2 is 1.95 bits per heavy atom. The fourth-order valence-corrected chi connectivity index (χ4v) is 2.56. The zero-order valence-electron chi connectivity index (χ0n) is 11.7. The van der Waals surface area contributed by atoms with Crippen LogP contribution in [0.15, 0.2) is 24.3 Å². The van der Waals surface area contributed by atoms with E-state index in [1.54, 1.807) is 0 Å². The predicted octanol–water partition coefficient (Wildman–Crippen LogP) is 1.43. The molecule has 2 N–H and O–H groups in total. The number of nitrogens with one attached hydrogen (secondary N) is 1. The van der Waals surface area contributed by atoms with Gasteiger partial charge in [-0.2, -0.15) is 17.4 Å². The van der Waals surface area contributed by atoms with Crippen LogP contribution >= 0.6 is 0 Å². The van der Waals surface area contributed by atoms with E-state index in [0.717, 1.165) is 12.8 Å². The maximum absolute atomic E-state index is 12.7. The van der Waals surface area contributed by atoms with Crippen molar-refractivity contribution in [1.29, 1.82) is 0 Å². The van der Waals surface area contributed by atoms with Crippen molar-refractivity contribution in [2.24, 2.45) is 0 Å². The lowest BCUT2D eigenvalue weighted by Gasteiger charge is -2.19. The zero-order valence-corrected chi connectivity index (χ0v) is 12.5. The lowest BCUT2D eigenvalue weighted by Crippen LogP contribution is -2.40. The first-order chi connectivity index (χ1) is 9.36. The van der Waals surface area contributed by atoms with Crippen LogP contribution in [0.25, 0.3) is 0 Å². The number of nitrogens with zero attached hydrogens (tertiary/aromatic N) is 1. The van der Waals surface area contributed by atoms with Gasteiger partial charge in [-0.1, -0.05) is 25.5 Å². The minimum absolute atomic E-state index is 0.148. The number of halogens is 1. The van der Waals surface area contributed by atoms with Crippen LogP contribution in [0, 0.1) is 5.82 Å². The second-order valence-corrected chi connectivity index (χ2v) is 6.46. The highest BCUT2D eigenvalue weighted by molar-refractivity contribution is 7.87. The lowest BCUT2D eigenvalue weighted by molar-refractivity contribution is 0.181. The molecule has 0 spiro atoms. The van der Waals surface area contributed by atoms with E-state index in [1.807, 2.05) is 6.92 Å². The average Bonchev–Trinajstić information content (AvgIpc) is 2.43. The zero-order chi connectivity index (χ0) is 15.2. The Bertz CT molecular complexity index is 505. The van der Waals surface area contributed by atoms with Crippen LogP contribution in [-0.2, 0) is 10.2 Å². The second kappa shape index (κ2) is 7.68. The van der Waals surface area contributed by atoms with Gasteiger partial charge in [0.05, 0.1) is 6.10 Å². The molecule has 0 heterocycles. The smallest absolute Gasteiger partial charge is 0.279 e. The SMILES string of the molecule is CCCCN(C)S(=O)(=O)NCC(O)c1ccc(F)cc1. The number of unbranched alkanes of at least 4 members (excludes halogenated alkanes) is 1. The molecule has 0 radical (unpaired) electrons. The van der Waals surface area contributed by atoms with Crippen molar-refractivity contribution in [3.05, 3.63) is 35.6 Å². The van der Waals surface area contributed by atoms with Gasteiger partial charge in [-0.05, 0) is 24.1 Å². The normalized spacial score (nSPS) is 13.7. The van der Waals surface area contributed by atoms with Gasteiger partial charge in [0, 0.05) is 20.1 Å². The van der Waals surface area contributed by atoms with Crippen LogP contribution < -0.4 is 4.72 Å². The van der Waals surface area contributed by atoms with Crippen molar-refractivity contribution in [2.45, 2.75) is 25.9 Å². The Morgan fingerprint density at radius 1 is 1.35 bits per heavy atom. The molecule has 1 atom stereocenters. The molecule has 0 fully saturated rings. The molecule has 0 aromatic heterocycles. The highest BCUT2D eigenvalue weighted by Crippen LogP contribution is 2.13. The minimum atomic E-state index is -3.59. The topological polar surface area (TPSA) is 69.6 Å². The summed E-state index contributed by atoms with van der Waals surface area (Å²) in [6, 6.07) is 5.30. The number of aliphatic hydroxyl groups excluding tert-OH is 1. The van der Waals surface area contributed by atoms with Crippen molar-refractivity contribution in [1.82, 2.24) is 9.03 Å². The summed E-state index contributed by atoms with van der Waals surface area (Å²) < 4.78 is 40.0. The van der Waals surface area contributed by atoms with Gasteiger partial charge < -0.3 is 5.11 Å². The molecule has 0 bridgehead atoms. The highest BCUT2D eigenvalue weighted by atomic mass is 32.2. The molecule has 0 aliphatic carbocycles. The Kier molecular flexibility index (Phi) is 6.54. The second-order valence-electron chi connectivity index (χ2n) is 4.60. The highest BCUT2D eigenvalue weighted by Gasteiger charge is 2.18. The molecular weight excluding hydrogens is 283 g/mol. The van der Waals surface area contributed by atoms with Crippen molar-refractivity contribution in [3.63, 3.8) is 0 Å². The van der Waals surface area contributed by atoms with Gasteiger partial charge in [0.2, 0.25) is 0 Å². The maximum atomic E-state index is 12.7. The van der Waals surface area contributed by atoms with Crippen LogP contribution in [0.4, 0.5) is 4.39 Å². The van der Waals surface area contributed by atoms with Crippen molar-refractivity contribution < 1.29 is 17.9 Å². The number of hydrogen-bond acceptors (Lipinski definition) is 3. The first-order valence-corrected chi connectivity index (χ1v) is 7.95. The van der Waals surface area contributed by atoms with Crippen LogP contribution in [0.1, 0.15) is 31.4 Å². The number of hydrogen-bond donors (Lipinski definition) is 2. The molecule has 0 amide bonds. The molecule has 0 aliphatic heterocycles. The number of aliphatic hydroxyl groups is 1. The fraction of sp³-hybridized carbons (Fsp3) is 0.538. The standard InChI is InChI=1S/C13H21FN2O3S/c1-3-4-9-16(2)20(18,19)15-10-13(17)11-5-7-12(14)8-6-11/h5-8,13,15,17H,3-4,9-10H2,1-2H3. The molecule has 1 aromatic carbocycles. The third-order valence-corrected chi connectivity index (χ3v) is 4.49. The Labute approximate surface area is 119 Å². The summed E-state index contributed by atoms with van der Waals surface area (Å²) in [6.45, 7) is 2.26. The molecule has 1 rings (SSSR count). The van der Waals surface area contributed by atoms with Crippen LogP contribution in [0.3, 0.4) is 0 Å². The van der Waals surface area contributed by atoms with Gasteiger partial charge in [0.25, 0.3) is 10.2 Å². The molecule has 5 nitrogen and oxygen atoms in total. The fourth-order valence-electron chi connectivity index (χ4n) is 1.60. The summed E-state index contributed by atoms with van der Waals surface area (Å²) >= 11 is 0. The van der Waals surface area contributed by atoms with Gasteiger partial charge in [0.15, 0.2) is 0 Å². The molecule has 0 saturated heterocycles. The summed E-state index contributed by atoms with van der Waals surface area (Å²) in [6.07, 6.45) is 0.667. The van der Waals surface area contributed by atoms with Crippen molar-refractivity contribution in [3.8, 4) is 0 Å². The number of benzene rings is 1. The van der Waals surface area contributed by atoms with E-state index in [2.05, 4.69) is 4.72 Å². The lowest BCUT2D eigenvalue weighted by atomic mass is 10.1. The van der Waals surface area contributed by atoms with Gasteiger partial charge in [0.1, 0.15) is 5.82 Å². The van der Waals surface area contributed by atoms with Crippen molar-refractivity contribution in [2.75, 3.05) is 20.1 Å². The van der Waals surface area contributed by atoms with E-state index in [4.69, 9.17) is 0 Å². The first kappa shape index (κ1) is 17.0. The minimum Gasteiger partial charge on any atom is -0.387 e. The van der Waals surface area contributed by atoms with Crippen molar-refractivity contribution >= 4 is 10.2 Å². The largest absolute Gasteiger partial charge is 0.387 e. The Morgan fingerprint density at radius 3 is 2.50 bits per heavy atom. The van der Waals surface area contributed by atoms with Crippen LogP contribution in [-0.4, -0.2) is 38.0 Å². The van der Waals surface area contributed by atoms with Gasteiger partial charge in [-0.3, -0.25) is 0 Å². The van der Waals surface area contributed by atoms with E-state index < -0.39 is 22.1 Å². The first-order valence-electron chi connectivity index (χ1n) is 6.51. The maximum Gasteiger partial charge on any atom is 0.279 e. The summed E-state index contributed by atoms with van der Waals surface area (Å²) in [4.78, 5) is 0. The average molecular weight is 304 g/mol. The molecule has 1 aromatic rings. The van der Waals surface area contributed by atoms with Gasteiger partial charge >= 0.3 is 0 Å². The third-order valence-electron chi connectivity index (χ3n) is 2.95. The molecular formula is C13H21FN2O3S. The quantitative estimate of drug-likeness (QED) is 0.763. The van der Waals surface area contributed by atoms with Gasteiger partial charge in [-0.15, -0.1) is 0 Å². The van der Waals surface area contributed by atoms with Gasteiger partial charge in [-0.25, -0.2) is 4.39 Å². The molecule has 7 heteroatoms. The number of rotatable bonds is 8. The monoisotopic (exact) mass is 304 g/mol. The van der Waals surface area contributed by atoms with E-state index in [1.165, 1.54) is 35.6 Å². The molecule has 20 heavy (non-hydrogen) atoms. The third kappa shape index (κ3) is 5.16. The van der Waals surface area contributed by atoms with E-state index in [-0.39, 0.29) is 6.54 Å². The molecule has 114 valence electrons. The van der Waals surface area contributed by atoms with E-state index in [9.17, 15) is 17.9 Å². The van der Waals surface area contributed by atoms with E-state index in [0.29, 0.717) is 12.1 Å². The van der Waals surface area contributed by atoms with Crippen LogP contribution in [0.2, 0.25) is 0 Å². The summed E-state index contributed by atoms with van der Waals surface area (Å²) in [7, 11) is -2.11. The van der Waals surface area contributed by atoms with E-state index >= 15 is 0 Å². The molecule has 1 unspecified atom stereocenters. The predicted molar refractivity (Wildman–Crippen MR) is 75.8 cm³/mol. The Hall–Kier alpha value is -1.02.